The molecule has 0 radical (unpaired) electrons. The summed E-state index contributed by atoms with van der Waals surface area (Å²) in [7, 11) is 1.51. The molecule has 1 aromatic carbocycles. The van der Waals surface area contributed by atoms with Gasteiger partial charge >= 0.3 is 0 Å². The fourth-order valence-electron chi connectivity index (χ4n) is 2.10. The van der Waals surface area contributed by atoms with Crippen molar-refractivity contribution in [1.29, 1.82) is 0 Å². The summed E-state index contributed by atoms with van der Waals surface area (Å²) in [5.41, 5.74) is 0.632. The van der Waals surface area contributed by atoms with E-state index in [0.29, 0.717) is 28.8 Å². The zero-order valence-electron chi connectivity index (χ0n) is 13.3. The number of nitrogens with one attached hydrogen (secondary N) is 2. The molecular weight excluding hydrogens is 344 g/mol. The molecular formula is C17H15ClN4O3. The molecule has 7 nitrogen and oxygen atoms in total. The molecule has 3 aromatic rings. The van der Waals surface area contributed by atoms with Crippen molar-refractivity contribution in [3.8, 4) is 5.75 Å². The van der Waals surface area contributed by atoms with Crippen molar-refractivity contribution in [2.75, 3.05) is 17.7 Å². The van der Waals surface area contributed by atoms with Gasteiger partial charge in [-0.05, 0) is 42.5 Å². The van der Waals surface area contributed by atoms with Crippen molar-refractivity contribution in [3.63, 3.8) is 0 Å². The Labute approximate surface area is 149 Å². The summed E-state index contributed by atoms with van der Waals surface area (Å²) < 4.78 is 10.4. The number of nitrogens with zero attached hydrogens (tertiary/aromatic N) is 2. The minimum absolute atomic E-state index is 0.172. The molecule has 0 aliphatic rings. The number of benzene rings is 1. The van der Waals surface area contributed by atoms with E-state index >= 15 is 0 Å². The lowest BCUT2D eigenvalue weighted by molar-refractivity contribution is 0.102. The number of methoxy groups -OCH3 is 1. The maximum absolute atomic E-state index is 12.3. The molecule has 0 aliphatic heterocycles. The molecule has 0 spiro atoms. The molecule has 0 unspecified atom stereocenters. The minimum Gasteiger partial charge on any atom is -0.495 e. The third kappa shape index (κ3) is 4.27. The van der Waals surface area contributed by atoms with Crippen molar-refractivity contribution in [2.45, 2.75) is 6.54 Å². The van der Waals surface area contributed by atoms with Gasteiger partial charge in [0.25, 0.3) is 5.91 Å². The highest BCUT2D eigenvalue weighted by Crippen LogP contribution is 2.27. The first kappa shape index (κ1) is 16.8. The van der Waals surface area contributed by atoms with Crippen molar-refractivity contribution < 1.29 is 13.9 Å². The van der Waals surface area contributed by atoms with Crippen LogP contribution < -0.4 is 15.4 Å². The molecule has 25 heavy (non-hydrogen) atoms. The van der Waals surface area contributed by atoms with Gasteiger partial charge in [-0.3, -0.25) is 4.79 Å². The number of carbonyl (C=O) groups excluding carboxylic acids is 1. The summed E-state index contributed by atoms with van der Waals surface area (Å²) in [6.07, 6.45) is 1.60. The molecule has 0 saturated heterocycles. The van der Waals surface area contributed by atoms with Crippen molar-refractivity contribution in [1.82, 2.24) is 10.2 Å². The fraction of sp³-hybridized carbons (Fsp3) is 0.118. The lowest BCUT2D eigenvalue weighted by Gasteiger charge is -2.10. The Morgan fingerprint density at radius 2 is 2.12 bits per heavy atom. The molecule has 2 aromatic heterocycles. The number of furan rings is 1. The molecule has 0 bridgehead atoms. The first-order chi connectivity index (χ1) is 12.2. The Hall–Kier alpha value is -3.06. The van der Waals surface area contributed by atoms with Crippen LogP contribution >= 0.6 is 11.6 Å². The monoisotopic (exact) mass is 358 g/mol. The molecule has 3 rings (SSSR count). The minimum atomic E-state index is -0.411. The van der Waals surface area contributed by atoms with Crippen LogP contribution in [-0.4, -0.2) is 23.2 Å². The molecule has 0 saturated carbocycles. The van der Waals surface area contributed by atoms with Crippen LogP contribution in [0.3, 0.4) is 0 Å². The molecule has 2 heterocycles. The summed E-state index contributed by atoms with van der Waals surface area (Å²) in [6.45, 7) is 0.479. The van der Waals surface area contributed by atoms with Crippen LogP contribution in [0.25, 0.3) is 0 Å². The Balaban J connectivity index is 1.65. The predicted octanol–water partition coefficient (Wildman–Crippen LogP) is 3.60. The summed E-state index contributed by atoms with van der Waals surface area (Å²) >= 11 is 5.95. The van der Waals surface area contributed by atoms with Gasteiger partial charge in [-0.25, -0.2) is 0 Å². The predicted molar refractivity (Wildman–Crippen MR) is 94.0 cm³/mol. The first-order valence-corrected chi connectivity index (χ1v) is 7.78. The largest absolute Gasteiger partial charge is 0.495 e. The fourth-order valence-corrected chi connectivity index (χ4v) is 2.27. The van der Waals surface area contributed by atoms with Gasteiger partial charge in [0.15, 0.2) is 5.69 Å². The van der Waals surface area contributed by atoms with Crippen LogP contribution in [0.1, 0.15) is 16.2 Å². The zero-order valence-corrected chi connectivity index (χ0v) is 14.1. The number of ether oxygens (including phenoxy) is 1. The average molecular weight is 359 g/mol. The van der Waals surface area contributed by atoms with Gasteiger partial charge in [0.1, 0.15) is 17.3 Å². The third-order valence-electron chi connectivity index (χ3n) is 3.33. The normalized spacial score (nSPS) is 10.3. The average Bonchev–Trinajstić information content (AvgIpc) is 3.14. The van der Waals surface area contributed by atoms with Gasteiger partial charge in [-0.1, -0.05) is 11.6 Å². The SMILES string of the molecule is COc1ccc(Cl)cc1NC(=O)c1ccc(NCc2ccco2)nn1. The zero-order chi connectivity index (χ0) is 17.6. The second kappa shape index (κ2) is 7.67. The van der Waals surface area contributed by atoms with Crippen molar-refractivity contribution >= 4 is 29.0 Å². The van der Waals surface area contributed by atoms with Gasteiger partial charge in [0.05, 0.1) is 25.6 Å². The van der Waals surface area contributed by atoms with Gasteiger partial charge in [0, 0.05) is 5.02 Å². The van der Waals surface area contributed by atoms with Crippen LogP contribution in [0.15, 0.2) is 53.1 Å². The number of halogens is 1. The van der Waals surface area contributed by atoms with Crippen LogP contribution in [0.4, 0.5) is 11.5 Å². The summed E-state index contributed by atoms with van der Waals surface area (Å²) in [6, 6.07) is 11.8. The van der Waals surface area contributed by atoms with E-state index in [0.717, 1.165) is 5.76 Å². The van der Waals surface area contributed by atoms with Crippen LogP contribution in [0, 0.1) is 0 Å². The summed E-state index contributed by atoms with van der Waals surface area (Å²) in [4.78, 5) is 12.3. The van der Waals surface area contributed by atoms with Gasteiger partial charge < -0.3 is 19.8 Å². The van der Waals surface area contributed by atoms with Crippen molar-refractivity contribution in [3.05, 3.63) is 65.2 Å². The van der Waals surface area contributed by atoms with Crippen molar-refractivity contribution in [2.24, 2.45) is 0 Å². The van der Waals surface area contributed by atoms with Crippen LogP contribution in [0.5, 0.6) is 5.75 Å². The molecule has 0 atom stereocenters. The maximum Gasteiger partial charge on any atom is 0.276 e. The molecule has 8 heteroatoms. The summed E-state index contributed by atoms with van der Waals surface area (Å²) in [5.74, 6) is 1.40. The smallest absolute Gasteiger partial charge is 0.276 e. The Bertz CT molecular complexity index is 851. The van der Waals surface area contributed by atoms with E-state index in [1.54, 1.807) is 42.7 Å². The molecule has 0 fully saturated rings. The Morgan fingerprint density at radius 3 is 2.80 bits per heavy atom. The van der Waals surface area contributed by atoms with E-state index in [1.807, 2.05) is 6.07 Å². The number of hydrogen-bond acceptors (Lipinski definition) is 6. The summed E-state index contributed by atoms with van der Waals surface area (Å²) in [5, 5.41) is 14.1. The molecule has 1 amide bonds. The number of amides is 1. The second-order valence-electron chi connectivity index (χ2n) is 5.04. The highest BCUT2D eigenvalue weighted by molar-refractivity contribution is 6.31. The molecule has 2 N–H and O–H groups in total. The quantitative estimate of drug-likeness (QED) is 0.699. The van der Waals surface area contributed by atoms with Crippen LogP contribution in [-0.2, 0) is 6.54 Å². The number of hydrogen-bond donors (Lipinski definition) is 2. The standard InChI is InChI=1S/C17H15ClN4O3/c1-24-15-6-4-11(18)9-14(15)20-17(23)13-5-7-16(22-21-13)19-10-12-3-2-8-25-12/h2-9H,10H2,1H3,(H,19,22)(H,20,23). The third-order valence-corrected chi connectivity index (χ3v) is 3.57. The van der Waals surface area contributed by atoms with E-state index in [1.165, 1.54) is 7.11 Å². The molecule has 128 valence electrons. The van der Waals surface area contributed by atoms with Gasteiger partial charge in [-0.15, -0.1) is 10.2 Å². The van der Waals surface area contributed by atoms with E-state index in [-0.39, 0.29) is 5.69 Å². The first-order valence-electron chi connectivity index (χ1n) is 7.40. The highest BCUT2D eigenvalue weighted by atomic mass is 35.5. The van der Waals surface area contributed by atoms with Crippen LogP contribution in [0.2, 0.25) is 5.02 Å². The number of carbonyl (C=O) groups is 1. The van der Waals surface area contributed by atoms with E-state index in [2.05, 4.69) is 20.8 Å². The van der Waals surface area contributed by atoms with E-state index in [9.17, 15) is 4.79 Å². The number of aromatic nitrogens is 2. The number of anilines is 2. The Morgan fingerprint density at radius 1 is 1.24 bits per heavy atom. The van der Waals surface area contributed by atoms with Gasteiger partial charge in [0.2, 0.25) is 0 Å². The van der Waals surface area contributed by atoms with E-state index in [4.69, 9.17) is 20.8 Å². The topological polar surface area (TPSA) is 89.3 Å². The lowest BCUT2D eigenvalue weighted by atomic mass is 10.2. The maximum atomic E-state index is 12.3. The van der Waals surface area contributed by atoms with E-state index < -0.39 is 5.91 Å². The second-order valence-corrected chi connectivity index (χ2v) is 5.47. The highest BCUT2D eigenvalue weighted by Gasteiger charge is 2.12. The van der Waals surface area contributed by atoms with Gasteiger partial charge in [-0.2, -0.15) is 0 Å². The lowest BCUT2D eigenvalue weighted by Crippen LogP contribution is -2.15. The number of rotatable bonds is 6. The Kier molecular flexibility index (Phi) is 5.15. The molecule has 0 aliphatic carbocycles.